The lowest BCUT2D eigenvalue weighted by Gasteiger charge is -2.34. The lowest BCUT2D eigenvalue weighted by atomic mass is 9.95. The molecule has 0 spiro atoms. The summed E-state index contributed by atoms with van der Waals surface area (Å²) in [6, 6.07) is 9.86. The van der Waals surface area contributed by atoms with Crippen LogP contribution in [0.15, 0.2) is 36.7 Å². The molecule has 3 aromatic rings. The van der Waals surface area contributed by atoms with Gasteiger partial charge in [0.05, 0.1) is 5.39 Å². The van der Waals surface area contributed by atoms with Gasteiger partial charge in [0.25, 0.3) is 0 Å². The van der Waals surface area contributed by atoms with Gasteiger partial charge in [-0.1, -0.05) is 18.2 Å². The highest BCUT2D eigenvalue weighted by molar-refractivity contribution is 7.18. The number of hydrogen-bond acceptors (Lipinski definition) is 5. The van der Waals surface area contributed by atoms with Gasteiger partial charge in [-0.05, 0) is 44.4 Å². The fourth-order valence-corrected chi connectivity index (χ4v) is 4.79. The number of aromatic nitrogens is 2. The van der Waals surface area contributed by atoms with E-state index in [1.165, 1.54) is 15.8 Å². The van der Waals surface area contributed by atoms with Gasteiger partial charge in [-0.15, -0.1) is 11.3 Å². The summed E-state index contributed by atoms with van der Waals surface area (Å²) in [7, 11) is 1.87. The average Bonchev–Trinajstić information content (AvgIpc) is 3.01. The summed E-state index contributed by atoms with van der Waals surface area (Å²) in [6.07, 6.45) is 3.36. The van der Waals surface area contributed by atoms with Crippen molar-refractivity contribution in [3.63, 3.8) is 0 Å². The molecule has 0 unspecified atom stereocenters. The van der Waals surface area contributed by atoms with E-state index >= 15 is 0 Å². The molecule has 1 aromatic carbocycles. The summed E-state index contributed by atoms with van der Waals surface area (Å²) in [4.78, 5) is 28.4. The molecule has 0 bridgehead atoms. The minimum Gasteiger partial charge on any atom is -0.356 e. The predicted molar refractivity (Wildman–Crippen MR) is 112 cm³/mol. The van der Waals surface area contributed by atoms with E-state index < -0.39 is 0 Å². The van der Waals surface area contributed by atoms with Crippen molar-refractivity contribution in [3.8, 4) is 0 Å². The molecule has 1 fully saturated rings. The first-order valence-electron chi connectivity index (χ1n) is 9.34. The Labute approximate surface area is 163 Å². The van der Waals surface area contributed by atoms with E-state index in [1.807, 2.05) is 37.4 Å². The molecule has 0 atom stereocenters. The van der Waals surface area contributed by atoms with E-state index in [0.29, 0.717) is 0 Å². The number of thiophene rings is 1. The predicted octanol–water partition coefficient (Wildman–Crippen LogP) is 4.19. The third-order valence-electron chi connectivity index (χ3n) is 5.56. The van der Waals surface area contributed by atoms with Crippen molar-refractivity contribution in [1.29, 1.82) is 0 Å². The van der Waals surface area contributed by atoms with Crippen molar-refractivity contribution in [2.75, 3.05) is 29.9 Å². The van der Waals surface area contributed by atoms with Gasteiger partial charge in [-0.3, -0.25) is 4.79 Å². The molecular weight excluding hydrogens is 356 g/mol. The van der Waals surface area contributed by atoms with E-state index in [0.717, 1.165) is 42.3 Å². The zero-order valence-corrected chi connectivity index (χ0v) is 16.8. The molecule has 1 amide bonds. The number of amides is 1. The fourth-order valence-electron chi connectivity index (χ4n) is 3.79. The Kier molecular flexibility index (Phi) is 4.83. The van der Waals surface area contributed by atoms with Crippen molar-refractivity contribution in [2.45, 2.75) is 26.7 Å². The first kappa shape index (κ1) is 17.9. The van der Waals surface area contributed by atoms with Crippen LogP contribution in [0, 0.1) is 19.8 Å². The lowest BCUT2D eigenvalue weighted by Crippen LogP contribution is -2.41. The number of aryl methyl sites for hydroxylation is 2. The Hall–Kier alpha value is -2.47. The van der Waals surface area contributed by atoms with Gasteiger partial charge >= 0.3 is 0 Å². The number of fused-ring (bicyclic) bond motifs is 1. The Balaban J connectivity index is 1.49. The van der Waals surface area contributed by atoms with Crippen LogP contribution >= 0.6 is 11.3 Å². The van der Waals surface area contributed by atoms with Crippen LogP contribution in [0.3, 0.4) is 0 Å². The van der Waals surface area contributed by atoms with Gasteiger partial charge in [0.15, 0.2) is 0 Å². The summed E-state index contributed by atoms with van der Waals surface area (Å²) >= 11 is 1.73. The van der Waals surface area contributed by atoms with Crippen molar-refractivity contribution in [2.24, 2.45) is 5.92 Å². The maximum atomic E-state index is 12.9. The van der Waals surface area contributed by atoms with Gasteiger partial charge in [-0.2, -0.15) is 0 Å². The highest BCUT2D eigenvalue weighted by Crippen LogP contribution is 2.35. The Bertz CT molecular complexity index is 961. The first-order valence-corrected chi connectivity index (χ1v) is 10.2. The molecule has 0 saturated carbocycles. The zero-order valence-electron chi connectivity index (χ0n) is 16.0. The second-order valence-electron chi connectivity index (χ2n) is 7.15. The Morgan fingerprint density at radius 1 is 1.15 bits per heavy atom. The minimum atomic E-state index is 0.0640. The van der Waals surface area contributed by atoms with Crippen LogP contribution in [-0.4, -0.2) is 36.0 Å². The number of anilines is 2. The Morgan fingerprint density at radius 2 is 1.85 bits per heavy atom. The first-order chi connectivity index (χ1) is 13.1. The fraction of sp³-hybridized carbons (Fsp3) is 0.381. The SMILES string of the molecule is Cc1sc2ncnc(N3CCC(C(=O)N(C)c4ccccc4)CC3)c2c1C. The minimum absolute atomic E-state index is 0.0640. The van der Waals surface area contributed by atoms with Gasteiger partial charge in [0.1, 0.15) is 17.0 Å². The van der Waals surface area contributed by atoms with Crippen LogP contribution in [0.4, 0.5) is 11.5 Å². The molecule has 6 heteroatoms. The number of carbonyl (C=O) groups excluding carboxylic acids is 1. The molecule has 4 rings (SSSR count). The zero-order chi connectivity index (χ0) is 19.0. The van der Waals surface area contributed by atoms with E-state index in [2.05, 4.69) is 28.7 Å². The highest BCUT2D eigenvalue weighted by atomic mass is 32.1. The molecular formula is C21H24N4OS. The van der Waals surface area contributed by atoms with Crippen LogP contribution in [0.25, 0.3) is 10.2 Å². The number of rotatable bonds is 3. The summed E-state index contributed by atoms with van der Waals surface area (Å²) in [5.74, 6) is 1.29. The number of benzene rings is 1. The van der Waals surface area contributed by atoms with E-state index in [1.54, 1.807) is 22.6 Å². The normalized spacial score (nSPS) is 15.3. The molecule has 27 heavy (non-hydrogen) atoms. The quantitative estimate of drug-likeness (QED) is 0.684. The summed E-state index contributed by atoms with van der Waals surface area (Å²) in [5.41, 5.74) is 2.22. The molecule has 5 nitrogen and oxygen atoms in total. The third-order valence-corrected chi connectivity index (χ3v) is 6.68. The topological polar surface area (TPSA) is 49.3 Å². The van der Waals surface area contributed by atoms with Crippen molar-refractivity contribution in [1.82, 2.24) is 9.97 Å². The van der Waals surface area contributed by atoms with Gasteiger partial charge in [0, 0.05) is 36.6 Å². The van der Waals surface area contributed by atoms with Crippen LogP contribution in [-0.2, 0) is 4.79 Å². The number of nitrogens with zero attached hydrogens (tertiary/aromatic N) is 4. The molecule has 1 aliphatic rings. The van der Waals surface area contributed by atoms with Crippen molar-refractivity contribution in [3.05, 3.63) is 47.1 Å². The van der Waals surface area contributed by atoms with E-state index in [9.17, 15) is 4.79 Å². The molecule has 2 aromatic heterocycles. The molecule has 0 radical (unpaired) electrons. The lowest BCUT2D eigenvalue weighted by molar-refractivity contribution is -0.122. The van der Waals surface area contributed by atoms with Gasteiger partial charge in [0.2, 0.25) is 5.91 Å². The van der Waals surface area contributed by atoms with Crippen molar-refractivity contribution >= 4 is 39.0 Å². The monoisotopic (exact) mass is 380 g/mol. The standard InChI is InChI=1S/C21H24N4OS/c1-14-15(2)27-20-18(14)19(22-13-23-20)25-11-9-16(10-12-25)21(26)24(3)17-7-5-4-6-8-17/h4-8,13,16H,9-12H2,1-3H3. The average molecular weight is 381 g/mol. The summed E-state index contributed by atoms with van der Waals surface area (Å²) in [6.45, 7) is 5.97. The number of carbonyl (C=O) groups is 1. The van der Waals surface area contributed by atoms with Crippen LogP contribution in [0.5, 0.6) is 0 Å². The highest BCUT2D eigenvalue weighted by Gasteiger charge is 2.29. The number of hydrogen-bond donors (Lipinski definition) is 0. The maximum Gasteiger partial charge on any atom is 0.229 e. The molecule has 1 saturated heterocycles. The largest absolute Gasteiger partial charge is 0.356 e. The second-order valence-corrected chi connectivity index (χ2v) is 8.36. The van der Waals surface area contributed by atoms with E-state index in [4.69, 9.17) is 0 Å². The summed E-state index contributed by atoms with van der Waals surface area (Å²) < 4.78 is 0. The van der Waals surface area contributed by atoms with Crippen LogP contribution < -0.4 is 9.80 Å². The Morgan fingerprint density at radius 3 is 2.56 bits per heavy atom. The van der Waals surface area contributed by atoms with Crippen LogP contribution in [0.1, 0.15) is 23.3 Å². The molecule has 140 valence electrons. The van der Waals surface area contributed by atoms with Crippen LogP contribution in [0.2, 0.25) is 0 Å². The second kappa shape index (κ2) is 7.27. The number of piperidine rings is 1. The van der Waals surface area contributed by atoms with Gasteiger partial charge < -0.3 is 9.80 Å². The summed E-state index contributed by atoms with van der Waals surface area (Å²) in [5, 5.41) is 1.17. The van der Waals surface area contributed by atoms with Crippen molar-refractivity contribution < 1.29 is 4.79 Å². The molecule has 0 aliphatic carbocycles. The molecule has 0 N–H and O–H groups in total. The maximum absolute atomic E-state index is 12.9. The number of para-hydroxylation sites is 1. The smallest absolute Gasteiger partial charge is 0.229 e. The third kappa shape index (κ3) is 3.30. The molecule has 3 heterocycles. The molecule has 1 aliphatic heterocycles. The van der Waals surface area contributed by atoms with E-state index in [-0.39, 0.29) is 11.8 Å². The van der Waals surface area contributed by atoms with Gasteiger partial charge in [-0.25, -0.2) is 9.97 Å².